The largest absolute Gasteiger partial charge is 0.457 e. The zero-order chi connectivity index (χ0) is 18.6. The predicted octanol–water partition coefficient (Wildman–Crippen LogP) is 3.48. The van der Waals surface area contributed by atoms with E-state index in [9.17, 15) is 8.42 Å². The van der Waals surface area contributed by atoms with Gasteiger partial charge in [-0.1, -0.05) is 0 Å². The zero-order valence-electron chi connectivity index (χ0n) is 15.2. The van der Waals surface area contributed by atoms with Crippen LogP contribution >= 0.6 is 11.8 Å². The Morgan fingerprint density at radius 2 is 1.88 bits per heavy atom. The van der Waals surface area contributed by atoms with Gasteiger partial charge in [-0.15, -0.1) is 11.8 Å². The van der Waals surface area contributed by atoms with E-state index < -0.39 is 10.0 Å². The Morgan fingerprint density at radius 3 is 2.44 bits per heavy atom. The Hall–Kier alpha value is -1.54. The van der Waals surface area contributed by atoms with Crippen LogP contribution in [-0.4, -0.2) is 40.7 Å². The fourth-order valence-electron chi connectivity index (χ4n) is 2.45. The third kappa shape index (κ3) is 4.98. The molecule has 1 N–H and O–H groups in total. The lowest BCUT2D eigenvalue weighted by Gasteiger charge is -2.17. The minimum atomic E-state index is -3.49. The Labute approximate surface area is 154 Å². The number of aryl methyl sites for hydroxylation is 1. The first kappa shape index (κ1) is 19.8. The lowest BCUT2D eigenvalue weighted by atomic mass is 10.2. The van der Waals surface area contributed by atoms with E-state index >= 15 is 0 Å². The highest BCUT2D eigenvalue weighted by molar-refractivity contribution is 7.98. The number of ether oxygens (including phenoxy) is 1. The van der Waals surface area contributed by atoms with Crippen LogP contribution in [0.1, 0.15) is 11.1 Å². The van der Waals surface area contributed by atoms with Crippen LogP contribution in [0.4, 0.5) is 0 Å². The first-order valence-corrected chi connectivity index (χ1v) is 10.5. The van der Waals surface area contributed by atoms with Crippen molar-refractivity contribution in [2.75, 3.05) is 27.4 Å². The number of nitrogens with zero attached hydrogens (tertiary/aromatic N) is 1. The Morgan fingerprint density at radius 1 is 1.16 bits per heavy atom. The smallest absolute Gasteiger partial charge is 0.240 e. The fraction of sp³-hybridized carbons (Fsp3) is 0.333. The summed E-state index contributed by atoms with van der Waals surface area (Å²) in [6.07, 6.45) is 2.04. The van der Waals surface area contributed by atoms with Crippen molar-refractivity contribution < 1.29 is 13.2 Å². The molecule has 0 radical (unpaired) electrons. The molecule has 0 amide bonds. The molecule has 0 bridgehead atoms. The summed E-state index contributed by atoms with van der Waals surface area (Å²) >= 11 is 1.69. The second-order valence-corrected chi connectivity index (χ2v) is 8.68. The summed E-state index contributed by atoms with van der Waals surface area (Å²) in [6.45, 7) is 2.62. The first-order valence-electron chi connectivity index (χ1n) is 7.80. The highest BCUT2D eigenvalue weighted by Crippen LogP contribution is 2.31. The van der Waals surface area contributed by atoms with E-state index in [0.717, 1.165) is 16.9 Å². The summed E-state index contributed by atoms with van der Waals surface area (Å²) in [4.78, 5) is 3.41. The van der Waals surface area contributed by atoms with Crippen molar-refractivity contribution in [3.05, 3.63) is 47.5 Å². The monoisotopic (exact) mass is 380 g/mol. The SMILES string of the molecule is CNS(=O)(=O)c1ccc(Oc2ccc(SC)c(C)c2)c(CN(C)C)c1. The molecule has 2 rings (SSSR count). The summed E-state index contributed by atoms with van der Waals surface area (Å²) in [5, 5.41) is 0. The van der Waals surface area contributed by atoms with Crippen LogP contribution in [0.25, 0.3) is 0 Å². The van der Waals surface area contributed by atoms with Crippen molar-refractivity contribution in [2.24, 2.45) is 0 Å². The molecule has 0 spiro atoms. The maximum Gasteiger partial charge on any atom is 0.240 e. The van der Waals surface area contributed by atoms with Crippen LogP contribution in [0.15, 0.2) is 46.2 Å². The highest BCUT2D eigenvalue weighted by Gasteiger charge is 2.16. The summed E-state index contributed by atoms with van der Waals surface area (Å²) in [5.41, 5.74) is 1.96. The number of benzene rings is 2. The molecule has 0 fully saturated rings. The van der Waals surface area contributed by atoms with Gasteiger partial charge in [-0.25, -0.2) is 13.1 Å². The van der Waals surface area contributed by atoms with Crippen LogP contribution in [0.3, 0.4) is 0 Å². The predicted molar refractivity (Wildman–Crippen MR) is 103 cm³/mol. The maximum absolute atomic E-state index is 12.1. The van der Waals surface area contributed by atoms with Crippen LogP contribution in [0.2, 0.25) is 0 Å². The fourth-order valence-corrected chi connectivity index (χ4v) is 3.81. The number of hydrogen-bond acceptors (Lipinski definition) is 5. The van der Waals surface area contributed by atoms with E-state index in [1.54, 1.807) is 30.0 Å². The molecule has 0 aromatic heterocycles. The summed E-state index contributed by atoms with van der Waals surface area (Å²) in [7, 11) is 1.78. The summed E-state index contributed by atoms with van der Waals surface area (Å²) in [6, 6.07) is 10.9. The van der Waals surface area contributed by atoms with Gasteiger partial charge in [0.05, 0.1) is 4.90 Å². The van der Waals surface area contributed by atoms with Crippen LogP contribution in [-0.2, 0) is 16.6 Å². The molecule has 0 heterocycles. The Bertz CT molecular complexity index is 849. The van der Waals surface area contributed by atoms with Gasteiger partial charge in [0.15, 0.2) is 0 Å². The molecule has 5 nitrogen and oxygen atoms in total. The molecule has 0 aliphatic carbocycles. The number of rotatable bonds is 7. The lowest BCUT2D eigenvalue weighted by molar-refractivity contribution is 0.388. The molecule has 0 atom stereocenters. The van der Waals surface area contributed by atoms with Gasteiger partial charge in [-0.2, -0.15) is 0 Å². The maximum atomic E-state index is 12.1. The van der Waals surface area contributed by atoms with E-state index in [4.69, 9.17) is 4.74 Å². The van der Waals surface area contributed by atoms with Gasteiger partial charge in [0.25, 0.3) is 0 Å². The average molecular weight is 381 g/mol. The van der Waals surface area contributed by atoms with Crippen molar-refractivity contribution in [1.29, 1.82) is 0 Å². The number of nitrogens with one attached hydrogen (secondary N) is 1. The van der Waals surface area contributed by atoms with Gasteiger partial charge in [-0.05, 0) is 76.3 Å². The molecule has 0 saturated carbocycles. The summed E-state index contributed by atoms with van der Waals surface area (Å²) in [5.74, 6) is 1.39. The minimum absolute atomic E-state index is 0.230. The molecule has 0 unspecified atom stereocenters. The van der Waals surface area contributed by atoms with Gasteiger partial charge < -0.3 is 9.64 Å². The molecule has 2 aromatic rings. The van der Waals surface area contributed by atoms with Crippen LogP contribution in [0, 0.1) is 6.92 Å². The summed E-state index contributed by atoms with van der Waals surface area (Å²) < 4.78 is 32.5. The van der Waals surface area contributed by atoms with Crippen molar-refractivity contribution in [3.63, 3.8) is 0 Å². The van der Waals surface area contributed by atoms with E-state index in [2.05, 4.69) is 4.72 Å². The molecule has 0 aliphatic heterocycles. The van der Waals surface area contributed by atoms with E-state index in [1.165, 1.54) is 11.9 Å². The molecule has 0 saturated heterocycles. The van der Waals surface area contributed by atoms with Gasteiger partial charge >= 0.3 is 0 Å². The lowest BCUT2D eigenvalue weighted by Crippen LogP contribution is -2.19. The van der Waals surface area contributed by atoms with Gasteiger partial charge in [-0.3, -0.25) is 0 Å². The molecule has 7 heteroatoms. The van der Waals surface area contributed by atoms with Gasteiger partial charge in [0, 0.05) is 17.0 Å². The number of sulfonamides is 1. The van der Waals surface area contributed by atoms with Crippen molar-refractivity contribution >= 4 is 21.8 Å². The number of hydrogen-bond donors (Lipinski definition) is 1. The second-order valence-electron chi connectivity index (χ2n) is 5.95. The third-order valence-corrected chi connectivity index (χ3v) is 6.00. The molecular formula is C18H24N2O3S2. The minimum Gasteiger partial charge on any atom is -0.457 e. The molecule has 0 aliphatic rings. The van der Waals surface area contributed by atoms with E-state index in [-0.39, 0.29) is 4.90 Å². The second kappa shape index (κ2) is 8.23. The average Bonchev–Trinajstić information content (AvgIpc) is 2.56. The van der Waals surface area contributed by atoms with Gasteiger partial charge in [0.1, 0.15) is 11.5 Å². The molecular weight excluding hydrogens is 356 g/mol. The Kier molecular flexibility index (Phi) is 6.51. The Balaban J connectivity index is 2.41. The quantitative estimate of drug-likeness (QED) is 0.745. The van der Waals surface area contributed by atoms with Crippen molar-refractivity contribution in [2.45, 2.75) is 23.3 Å². The third-order valence-electron chi connectivity index (χ3n) is 3.69. The van der Waals surface area contributed by atoms with Crippen molar-refractivity contribution in [3.8, 4) is 11.5 Å². The van der Waals surface area contributed by atoms with Gasteiger partial charge in [0.2, 0.25) is 10.0 Å². The normalized spacial score (nSPS) is 11.8. The van der Waals surface area contributed by atoms with E-state index in [1.807, 2.05) is 50.4 Å². The highest BCUT2D eigenvalue weighted by atomic mass is 32.2. The van der Waals surface area contributed by atoms with E-state index in [0.29, 0.717) is 12.3 Å². The molecule has 25 heavy (non-hydrogen) atoms. The first-order chi connectivity index (χ1) is 11.8. The standard InChI is InChI=1S/C18H24N2O3S2/c1-13-10-15(6-9-18(13)24-5)23-17-8-7-16(25(21,22)19-2)11-14(17)12-20(3)4/h6-11,19H,12H2,1-5H3. The molecule has 136 valence electrons. The number of thioether (sulfide) groups is 1. The van der Waals surface area contributed by atoms with Crippen LogP contribution < -0.4 is 9.46 Å². The molecule has 2 aromatic carbocycles. The van der Waals surface area contributed by atoms with Crippen molar-refractivity contribution in [1.82, 2.24) is 9.62 Å². The van der Waals surface area contributed by atoms with Crippen LogP contribution in [0.5, 0.6) is 11.5 Å². The topological polar surface area (TPSA) is 58.6 Å². The zero-order valence-corrected chi connectivity index (χ0v) is 16.8.